The van der Waals surface area contributed by atoms with E-state index in [9.17, 15) is 0 Å². The molecule has 0 spiro atoms. The van der Waals surface area contributed by atoms with E-state index in [1.807, 2.05) is 6.92 Å². The van der Waals surface area contributed by atoms with Gasteiger partial charge in [-0.25, -0.2) is 0 Å². The molecular formula is C8H16N2. The maximum Gasteiger partial charge on any atom is 0.0939 e. The SMILES string of the molecule is CC1=NC(C)CC(C)(C)N1. The second-order valence-electron chi connectivity index (χ2n) is 3.78. The van der Waals surface area contributed by atoms with Gasteiger partial charge < -0.3 is 5.32 Å². The van der Waals surface area contributed by atoms with Crippen LogP contribution in [0.1, 0.15) is 34.1 Å². The van der Waals surface area contributed by atoms with Gasteiger partial charge >= 0.3 is 0 Å². The van der Waals surface area contributed by atoms with Gasteiger partial charge in [0.15, 0.2) is 0 Å². The van der Waals surface area contributed by atoms with Gasteiger partial charge in [-0.1, -0.05) is 0 Å². The van der Waals surface area contributed by atoms with Crippen molar-refractivity contribution in [2.24, 2.45) is 4.99 Å². The molecule has 10 heavy (non-hydrogen) atoms. The summed E-state index contributed by atoms with van der Waals surface area (Å²) in [7, 11) is 0. The lowest BCUT2D eigenvalue weighted by Gasteiger charge is -2.33. The van der Waals surface area contributed by atoms with Gasteiger partial charge in [-0.15, -0.1) is 0 Å². The van der Waals surface area contributed by atoms with Crippen molar-refractivity contribution >= 4 is 5.84 Å². The lowest BCUT2D eigenvalue weighted by molar-refractivity contribution is 0.373. The second kappa shape index (κ2) is 2.26. The van der Waals surface area contributed by atoms with E-state index in [4.69, 9.17) is 0 Å². The largest absolute Gasteiger partial charge is 0.369 e. The molecule has 1 rings (SSSR count). The van der Waals surface area contributed by atoms with Crippen LogP contribution in [0.15, 0.2) is 4.99 Å². The van der Waals surface area contributed by atoms with Gasteiger partial charge in [0.2, 0.25) is 0 Å². The number of amidine groups is 1. The Bertz CT molecular complexity index is 159. The van der Waals surface area contributed by atoms with E-state index < -0.39 is 0 Å². The highest BCUT2D eigenvalue weighted by atomic mass is 15.1. The second-order valence-corrected chi connectivity index (χ2v) is 3.78. The summed E-state index contributed by atoms with van der Waals surface area (Å²) in [6, 6.07) is 0.483. The first-order valence-electron chi connectivity index (χ1n) is 3.82. The summed E-state index contributed by atoms with van der Waals surface area (Å²) < 4.78 is 0. The zero-order chi connectivity index (χ0) is 7.78. The Hall–Kier alpha value is -0.530. The molecule has 0 amide bonds. The monoisotopic (exact) mass is 140 g/mol. The van der Waals surface area contributed by atoms with Crippen LogP contribution in [0.2, 0.25) is 0 Å². The number of nitrogens with one attached hydrogen (secondary N) is 1. The smallest absolute Gasteiger partial charge is 0.0939 e. The molecule has 0 aromatic carbocycles. The fraction of sp³-hybridized carbons (Fsp3) is 0.875. The summed E-state index contributed by atoms with van der Waals surface area (Å²) in [5.74, 6) is 1.07. The third-order valence-electron chi connectivity index (χ3n) is 1.74. The Morgan fingerprint density at radius 2 is 2.20 bits per heavy atom. The van der Waals surface area contributed by atoms with E-state index in [2.05, 4.69) is 31.1 Å². The Morgan fingerprint density at radius 3 is 2.60 bits per heavy atom. The van der Waals surface area contributed by atoms with E-state index in [0.29, 0.717) is 6.04 Å². The van der Waals surface area contributed by atoms with Gasteiger partial charge in [-0.2, -0.15) is 0 Å². The molecule has 0 aromatic rings. The molecule has 0 fully saturated rings. The van der Waals surface area contributed by atoms with E-state index in [1.54, 1.807) is 0 Å². The van der Waals surface area contributed by atoms with E-state index in [0.717, 1.165) is 12.3 Å². The highest BCUT2D eigenvalue weighted by Crippen LogP contribution is 2.17. The van der Waals surface area contributed by atoms with Crippen LogP contribution < -0.4 is 5.32 Å². The lowest BCUT2D eigenvalue weighted by Crippen LogP contribution is -2.47. The Balaban J connectivity index is 2.70. The molecule has 1 N–H and O–H groups in total. The first-order valence-corrected chi connectivity index (χ1v) is 3.82. The minimum absolute atomic E-state index is 0.241. The fourth-order valence-corrected chi connectivity index (χ4v) is 1.69. The molecule has 0 aliphatic carbocycles. The minimum atomic E-state index is 0.241. The molecule has 0 saturated heterocycles. The molecule has 0 radical (unpaired) electrons. The van der Waals surface area contributed by atoms with Crippen molar-refractivity contribution in [1.82, 2.24) is 5.32 Å². The van der Waals surface area contributed by atoms with Crippen molar-refractivity contribution in [2.45, 2.75) is 45.7 Å². The number of aliphatic imine (C=N–C) groups is 1. The van der Waals surface area contributed by atoms with Crippen molar-refractivity contribution in [3.63, 3.8) is 0 Å². The zero-order valence-corrected chi connectivity index (χ0v) is 7.23. The lowest BCUT2D eigenvalue weighted by atomic mass is 9.94. The summed E-state index contributed by atoms with van der Waals surface area (Å²) in [4.78, 5) is 4.38. The van der Waals surface area contributed by atoms with Gasteiger partial charge in [0, 0.05) is 5.54 Å². The summed E-state index contributed by atoms with van der Waals surface area (Å²) in [5, 5.41) is 3.34. The van der Waals surface area contributed by atoms with Gasteiger partial charge in [0.1, 0.15) is 0 Å². The van der Waals surface area contributed by atoms with Crippen LogP contribution in [-0.2, 0) is 0 Å². The summed E-state index contributed by atoms with van der Waals surface area (Å²) in [5.41, 5.74) is 0.241. The van der Waals surface area contributed by atoms with Gasteiger partial charge in [0.05, 0.1) is 11.9 Å². The van der Waals surface area contributed by atoms with Crippen molar-refractivity contribution in [3.05, 3.63) is 0 Å². The maximum atomic E-state index is 4.38. The predicted octanol–water partition coefficient (Wildman–Crippen LogP) is 1.57. The minimum Gasteiger partial charge on any atom is -0.369 e. The standard InChI is InChI=1S/C8H16N2/c1-6-5-8(3,4)10-7(2)9-6/h6H,5H2,1-4H3,(H,9,10). The third-order valence-corrected chi connectivity index (χ3v) is 1.74. The molecular weight excluding hydrogens is 124 g/mol. The molecule has 1 heterocycles. The number of hydrogen-bond donors (Lipinski definition) is 1. The highest BCUT2D eigenvalue weighted by Gasteiger charge is 2.24. The molecule has 0 bridgehead atoms. The van der Waals surface area contributed by atoms with Gasteiger partial charge in [-0.3, -0.25) is 4.99 Å². The first-order chi connectivity index (χ1) is 4.49. The van der Waals surface area contributed by atoms with Crippen molar-refractivity contribution in [1.29, 1.82) is 0 Å². The van der Waals surface area contributed by atoms with Gasteiger partial charge in [0.25, 0.3) is 0 Å². The number of rotatable bonds is 0. The summed E-state index contributed by atoms with van der Waals surface area (Å²) in [6.45, 7) is 8.60. The van der Waals surface area contributed by atoms with Crippen LogP contribution in [0.4, 0.5) is 0 Å². The fourth-order valence-electron chi connectivity index (χ4n) is 1.69. The van der Waals surface area contributed by atoms with E-state index in [-0.39, 0.29) is 5.54 Å². The molecule has 1 atom stereocenters. The van der Waals surface area contributed by atoms with E-state index in [1.165, 1.54) is 0 Å². The molecule has 2 nitrogen and oxygen atoms in total. The van der Waals surface area contributed by atoms with Crippen LogP contribution in [0.3, 0.4) is 0 Å². The quantitative estimate of drug-likeness (QED) is 0.542. The van der Waals surface area contributed by atoms with Crippen molar-refractivity contribution in [3.8, 4) is 0 Å². The Labute approximate surface area is 62.7 Å². The van der Waals surface area contributed by atoms with Crippen molar-refractivity contribution in [2.75, 3.05) is 0 Å². The molecule has 0 saturated carbocycles. The summed E-state index contributed by atoms with van der Waals surface area (Å²) >= 11 is 0. The van der Waals surface area contributed by atoms with Crippen LogP contribution in [0, 0.1) is 0 Å². The Kier molecular flexibility index (Phi) is 1.71. The van der Waals surface area contributed by atoms with Crippen molar-refractivity contribution < 1.29 is 0 Å². The van der Waals surface area contributed by atoms with Gasteiger partial charge in [-0.05, 0) is 34.1 Å². The molecule has 2 heteroatoms. The molecule has 0 aromatic heterocycles. The average molecular weight is 140 g/mol. The molecule has 1 aliphatic rings. The third kappa shape index (κ3) is 1.72. The normalized spacial score (nSPS) is 30.8. The first kappa shape index (κ1) is 7.58. The van der Waals surface area contributed by atoms with Crippen LogP contribution in [0.5, 0.6) is 0 Å². The molecule has 1 aliphatic heterocycles. The highest BCUT2D eigenvalue weighted by molar-refractivity contribution is 5.81. The van der Waals surface area contributed by atoms with Crippen LogP contribution in [0.25, 0.3) is 0 Å². The van der Waals surface area contributed by atoms with E-state index >= 15 is 0 Å². The number of nitrogens with zero attached hydrogens (tertiary/aromatic N) is 1. The predicted molar refractivity (Wildman–Crippen MR) is 44.4 cm³/mol. The zero-order valence-electron chi connectivity index (χ0n) is 7.23. The average Bonchev–Trinajstić information content (AvgIpc) is 1.54. The number of hydrogen-bond acceptors (Lipinski definition) is 2. The molecule has 1 unspecified atom stereocenters. The summed E-state index contributed by atoms with van der Waals surface area (Å²) in [6.07, 6.45) is 1.13. The van der Waals surface area contributed by atoms with Crippen LogP contribution in [-0.4, -0.2) is 17.4 Å². The van der Waals surface area contributed by atoms with Crippen LogP contribution >= 0.6 is 0 Å². The molecule has 58 valence electrons. The topological polar surface area (TPSA) is 24.4 Å². The Morgan fingerprint density at radius 1 is 1.60 bits per heavy atom. The maximum absolute atomic E-state index is 4.38.